The predicted octanol–water partition coefficient (Wildman–Crippen LogP) is 2.97. The summed E-state index contributed by atoms with van der Waals surface area (Å²) in [6.45, 7) is 5.63. The summed E-state index contributed by atoms with van der Waals surface area (Å²) in [5.74, 6) is 2.08. The van der Waals surface area contributed by atoms with Crippen molar-refractivity contribution in [1.82, 2.24) is 5.32 Å². The summed E-state index contributed by atoms with van der Waals surface area (Å²) in [7, 11) is 0. The lowest BCUT2D eigenvalue weighted by Gasteiger charge is -2.28. The van der Waals surface area contributed by atoms with E-state index in [2.05, 4.69) is 43.4 Å². The number of aryl methyl sites for hydroxylation is 1. The van der Waals surface area contributed by atoms with Crippen molar-refractivity contribution < 1.29 is 0 Å². The van der Waals surface area contributed by atoms with Gasteiger partial charge in [-0.3, -0.25) is 0 Å². The average Bonchev–Trinajstić information content (AvgIpc) is 2.20. The van der Waals surface area contributed by atoms with Crippen molar-refractivity contribution in [2.45, 2.75) is 19.2 Å². The second kappa shape index (κ2) is 4.37. The lowest BCUT2D eigenvalue weighted by molar-refractivity contribution is 0.529. The Kier molecular flexibility index (Phi) is 3.14. The maximum Gasteiger partial charge on any atom is 0.0792 e. The van der Waals surface area contributed by atoms with Crippen LogP contribution < -0.4 is 5.32 Å². The Morgan fingerprint density at radius 2 is 2.14 bits per heavy atom. The number of thioether (sulfide) groups is 1. The standard InChI is InChI=1S/C12H17NS/c1-9-7-13-12(14-8-9)11-6-4-3-5-10(11)2/h3-6,9,12-13H,7-8H2,1-2H3. The van der Waals surface area contributed by atoms with E-state index in [0.29, 0.717) is 5.37 Å². The molecule has 2 rings (SSSR count). The number of hydrogen-bond acceptors (Lipinski definition) is 2. The average molecular weight is 207 g/mol. The molecule has 2 atom stereocenters. The molecular formula is C12H17NS. The molecule has 0 radical (unpaired) electrons. The molecule has 1 aliphatic rings. The van der Waals surface area contributed by atoms with Gasteiger partial charge in [0.05, 0.1) is 5.37 Å². The second-order valence-electron chi connectivity index (χ2n) is 4.08. The fraction of sp³-hybridized carbons (Fsp3) is 0.500. The molecule has 1 aromatic rings. The Morgan fingerprint density at radius 1 is 1.36 bits per heavy atom. The molecule has 76 valence electrons. The molecule has 1 aromatic carbocycles. The number of nitrogens with one attached hydrogen (secondary N) is 1. The van der Waals surface area contributed by atoms with Crippen molar-refractivity contribution in [1.29, 1.82) is 0 Å². The predicted molar refractivity (Wildman–Crippen MR) is 63.5 cm³/mol. The van der Waals surface area contributed by atoms with Gasteiger partial charge in [0.15, 0.2) is 0 Å². The van der Waals surface area contributed by atoms with Crippen LogP contribution in [0.3, 0.4) is 0 Å². The SMILES string of the molecule is Cc1ccccc1C1NCC(C)CS1. The summed E-state index contributed by atoms with van der Waals surface area (Å²) in [6, 6.07) is 8.66. The van der Waals surface area contributed by atoms with Crippen LogP contribution in [0.25, 0.3) is 0 Å². The van der Waals surface area contributed by atoms with E-state index in [0.717, 1.165) is 12.5 Å². The zero-order valence-corrected chi connectivity index (χ0v) is 9.60. The molecule has 0 bridgehead atoms. The minimum atomic E-state index is 0.507. The van der Waals surface area contributed by atoms with Crippen molar-refractivity contribution in [2.24, 2.45) is 5.92 Å². The first kappa shape index (κ1) is 10.1. The molecule has 0 aromatic heterocycles. The molecule has 1 heterocycles. The molecule has 2 heteroatoms. The molecule has 0 amide bonds. The first-order chi connectivity index (χ1) is 6.77. The summed E-state index contributed by atoms with van der Waals surface area (Å²) in [4.78, 5) is 0. The van der Waals surface area contributed by atoms with Crippen LogP contribution in [0.5, 0.6) is 0 Å². The van der Waals surface area contributed by atoms with Gasteiger partial charge in [0.1, 0.15) is 0 Å². The number of rotatable bonds is 1. The van der Waals surface area contributed by atoms with E-state index in [1.54, 1.807) is 0 Å². The minimum absolute atomic E-state index is 0.507. The molecule has 2 unspecified atom stereocenters. The first-order valence-electron chi connectivity index (χ1n) is 5.18. The van der Waals surface area contributed by atoms with E-state index < -0.39 is 0 Å². The molecule has 1 saturated heterocycles. The summed E-state index contributed by atoms with van der Waals surface area (Å²) < 4.78 is 0. The third kappa shape index (κ3) is 2.12. The van der Waals surface area contributed by atoms with Gasteiger partial charge in [0.2, 0.25) is 0 Å². The zero-order chi connectivity index (χ0) is 9.97. The fourth-order valence-corrected chi connectivity index (χ4v) is 3.06. The van der Waals surface area contributed by atoms with Gasteiger partial charge < -0.3 is 5.32 Å². The van der Waals surface area contributed by atoms with E-state index in [1.807, 2.05) is 11.8 Å². The van der Waals surface area contributed by atoms with Gasteiger partial charge in [-0.1, -0.05) is 31.2 Å². The van der Waals surface area contributed by atoms with Crippen LogP contribution in [0.4, 0.5) is 0 Å². The van der Waals surface area contributed by atoms with Crippen molar-refractivity contribution in [2.75, 3.05) is 12.3 Å². The zero-order valence-electron chi connectivity index (χ0n) is 8.79. The van der Waals surface area contributed by atoms with Crippen LogP contribution >= 0.6 is 11.8 Å². The Hall–Kier alpha value is -0.470. The highest BCUT2D eigenvalue weighted by Crippen LogP contribution is 2.32. The molecule has 0 aliphatic carbocycles. The van der Waals surface area contributed by atoms with Crippen molar-refractivity contribution in [3.05, 3.63) is 35.4 Å². The maximum absolute atomic E-state index is 3.59. The molecule has 1 N–H and O–H groups in total. The summed E-state index contributed by atoms with van der Waals surface area (Å²) in [6.07, 6.45) is 0. The van der Waals surface area contributed by atoms with Crippen LogP contribution in [0, 0.1) is 12.8 Å². The largest absolute Gasteiger partial charge is 0.301 e. The molecule has 0 saturated carbocycles. The summed E-state index contributed by atoms with van der Waals surface area (Å²) in [5.41, 5.74) is 2.84. The smallest absolute Gasteiger partial charge is 0.0792 e. The molecule has 0 spiro atoms. The molecular weight excluding hydrogens is 190 g/mol. The second-order valence-corrected chi connectivity index (χ2v) is 5.22. The summed E-state index contributed by atoms with van der Waals surface area (Å²) >= 11 is 2.03. The van der Waals surface area contributed by atoms with Crippen molar-refractivity contribution in [3.8, 4) is 0 Å². The summed E-state index contributed by atoms with van der Waals surface area (Å²) in [5, 5.41) is 4.10. The van der Waals surface area contributed by atoms with E-state index in [1.165, 1.54) is 16.9 Å². The van der Waals surface area contributed by atoms with E-state index in [4.69, 9.17) is 0 Å². The third-order valence-electron chi connectivity index (χ3n) is 2.67. The van der Waals surface area contributed by atoms with Gasteiger partial charge in [-0.25, -0.2) is 0 Å². The van der Waals surface area contributed by atoms with Gasteiger partial charge in [-0.15, -0.1) is 11.8 Å². The van der Waals surface area contributed by atoms with Gasteiger partial charge in [-0.05, 0) is 36.3 Å². The third-order valence-corrected chi connectivity index (χ3v) is 4.19. The lowest BCUT2D eigenvalue weighted by atomic mass is 10.1. The normalized spacial score (nSPS) is 27.6. The van der Waals surface area contributed by atoms with Crippen LogP contribution in [0.15, 0.2) is 24.3 Å². The topological polar surface area (TPSA) is 12.0 Å². The van der Waals surface area contributed by atoms with Crippen LogP contribution in [-0.2, 0) is 0 Å². The monoisotopic (exact) mass is 207 g/mol. The molecule has 14 heavy (non-hydrogen) atoms. The lowest BCUT2D eigenvalue weighted by Crippen LogP contribution is -2.31. The van der Waals surface area contributed by atoms with Crippen LogP contribution in [0.1, 0.15) is 23.4 Å². The van der Waals surface area contributed by atoms with Crippen LogP contribution in [0.2, 0.25) is 0 Å². The quantitative estimate of drug-likeness (QED) is 0.760. The Bertz CT molecular complexity index is 303. The van der Waals surface area contributed by atoms with Crippen molar-refractivity contribution in [3.63, 3.8) is 0 Å². The van der Waals surface area contributed by atoms with Crippen LogP contribution in [-0.4, -0.2) is 12.3 Å². The van der Waals surface area contributed by atoms with Gasteiger partial charge >= 0.3 is 0 Å². The minimum Gasteiger partial charge on any atom is -0.301 e. The van der Waals surface area contributed by atoms with E-state index in [9.17, 15) is 0 Å². The molecule has 1 fully saturated rings. The highest BCUT2D eigenvalue weighted by atomic mass is 32.2. The highest BCUT2D eigenvalue weighted by Gasteiger charge is 2.20. The first-order valence-corrected chi connectivity index (χ1v) is 6.23. The van der Waals surface area contributed by atoms with Gasteiger partial charge in [-0.2, -0.15) is 0 Å². The Balaban J connectivity index is 2.12. The van der Waals surface area contributed by atoms with Crippen molar-refractivity contribution >= 4 is 11.8 Å². The molecule has 1 nitrogen and oxygen atoms in total. The fourth-order valence-electron chi connectivity index (χ4n) is 1.77. The maximum atomic E-state index is 3.59. The van der Waals surface area contributed by atoms with E-state index >= 15 is 0 Å². The van der Waals surface area contributed by atoms with E-state index in [-0.39, 0.29) is 0 Å². The number of hydrogen-bond donors (Lipinski definition) is 1. The van der Waals surface area contributed by atoms with Gasteiger partial charge in [0, 0.05) is 0 Å². The number of benzene rings is 1. The highest BCUT2D eigenvalue weighted by molar-refractivity contribution is 7.99. The Labute approximate surface area is 90.3 Å². The van der Waals surface area contributed by atoms with Gasteiger partial charge in [0.25, 0.3) is 0 Å². The Morgan fingerprint density at radius 3 is 2.79 bits per heavy atom. The molecule has 1 aliphatic heterocycles.